The molecule has 0 aliphatic carbocycles. The van der Waals surface area contributed by atoms with Gasteiger partial charge in [-0.1, -0.05) is 19.9 Å². The second kappa shape index (κ2) is 11.5. The van der Waals surface area contributed by atoms with Crippen molar-refractivity contribution in [1.29, 1.82) is 0 Å². The lowest BCUT2D eigenvalue weighted by atomic mass is 9.90. The molecule has 0 aromatic heterocycles. The summed E-state index contributed by atoms with van der Waals surface area (Å²) >= 11 is 0. The number of nitrogens with zero attached hydrogens (tertiary/aromatic N) is 1. The highest BCUT2D eigenvalue weighted by Gasteiger charge is 2.30. The summed E-state index contributed by atoms with van der Waals surface area (Å²) in [6.45, 7) is 16.6. The third-order valence-electron chi connectivity index (χ3n) is 4.80. The maximum absolute atomic E-state index is 12.4. The quantitative estimate of drug-likeness (QED) is 0.578. The normalized spacial score (nSPS) is 21.0. The highest BCUT2D eigenvalue weighted by atomic mass is 16.6. The summed E-state index contributed by atoms with van der Waals surface area (Å²) in [6, 6.07) is 0.00159. The fourth-order valence-corrected chi connectivity index (χ4v) is 3.53. The zero-order chi connectivity index (χ0) is 23.8. The maximum atomic E-state index is 12.4. The molecule has 0 aromatic carbocycles. The minimum atomic E-state index is -0.548. The molecule has 0 bridgehead atoms. The predicted molar refractivity (Wildman–Crippen MR) is 121 cm³/mol. The molecule has 1 saturated heterocycles. The van der Waals surface area contributed by atoms with Gasteiger partial charge < -0.3 is 19.7 Å². The molecular weight excluding hydrogens is 396 g/mol. The molecule has 1 rings (SSSR count). The van der Waals surface area contributed by atoms with Crippen LogP contribution in [0.4, 0.5) is 0 Å². The second-order valence-electron chi connectivity index (χ2n) is 10.3. The number of rotatable bonds is 8. The van der Waals surface area contributed by atoms with Crippen LogP contribution in [-0.2, 0) is 23.9 Å². The van der Waals surface area contributed by atoms with E-state index in [0.717, 1.165) is 18.7 Å². The summed E-state index contributed by atoms with van der Waals surface area (Å²) in [6.07, 6.45) is 4.27. The van der Waals surface area contributed by atoms with Crippen molar-refractivity contribution in [1.82, 2.24) is 10.2 Å². The van der Waals surface area contributed by atoms with E-state index in [9.17, 15) is 14.4 Å². The van der Waals surface area contributed by atoms with Crippen molar-refractivity contribution in [2.75, 3.05) is 13.1 Å². The Morgan fingerprint density at radius 1 is 1.00 bits per heavy atom. The van der Waals surface area contributed by atoms with Gasteiger partial charge in [-0.2, -0.15) is 0 Å². The Morgan fingerprint density at radius 3 is 2.06 bits per heavy atom. The van der Waals surface area contributed by atoms with Crippen LogP contribution in [0, 0.1) is 5.92 Å². The van der Waals surface area contributed by atoms with Gasteiger partial charge in [0.05, 0.1) is 12.8 Å². The van der Waals surface area contributed by atoms with Crippen LogP contribution in [0.25, 0.3) is 0 Å². The van der Waals surface area contributed by atoms with Gasteiger partial charge in [-0.05, 0) is 53.9 Å². The van der Waals surface area contributed by atoms with Gasteiger partial charge in [-0.3, -0.25) is 14.4 Å². The van der Waals surface area contributed by atoms with Gasteiger partial charge in [0.1, 0.15) is 11.2 Å². The Labute approximate surface area is 187 Å². The standard InChI is InChI=1S/C24H42N2O5/c1-9-10-18-15-19(25-20(27)11-12-21(28)30-23(3,4)5)17(2)16-26(18)14-13-22(29)31-24(6,7)8/h10,17,19H,9,11-16H2,1-8H3,(H,25,27)/b18-10+/t17-,19?/m1/s1. The fourth-order valence-electron chi connectivity index (χ4n) is 3.53. The van der Waals surface area contributed by atoms with Crippen LogP contribution in [0.3, 0.4) is 0 Å². The fraction of sp³-hybridized carbons (Fsp3) is 0.792. The number of hydrogen-bond donors (Lipinski definition) is 1. The van der Waals surface area contributed by atoms with Crippen LogP contribution in [-0.4, -0.2) is 53.1 Å². The summed E-state index contributed by atoms with van der Waals surface area (Å²) in [5, 5.41) is 3.09. The van der Waals surface area contributed by atoms with Crippen molar-refractivity contribution in [2.24, 2.45) is 5.92 Å². The van der Waals surface area contributed by atoms with Crippen LogP contribution in [0.2, 0.25) is 0 Å². The third kappa shape index (κ3) is 11.2. The lowest BCUT2D eigenvalue weighted by Gasteiger charge is -2.40. The average molecular weight is 439 g/mol. The topological polar surface area (TPSA) is 84.9 Å². The van der Waals surface area contributed by atoms with Gasteiger partial charge in [-0.15, -0.1) is 0 Å². The van der Waals surface area contributed by atoms with Crippen molar-refractivity contribution >= 4 is 17.8 Å². The number of carbonyl (C=O) groups excluding carboxylic acids is 3. The zero-order valence-corrected chi connectivity index (χ0v) is 20.7. The predicted octanol–water partition coefficient (Wildman–Crippen LogP) is 3.96. The lowest BCUT2D eigenvalue weighted by Crippen LogP contribution is -2.49. The molecular formula is C24H42N2O5. The first-order chi connectivity index (χ1) is 14.2. The molecule has 1 N–H and O–H groups in total. The van der Waals surface area contributed by atoms with E-state index in [1.165, 1.54) is 0 Å². The van der Waals surface area contributed by atoms with Gasteiger partial charge in [0.15, 0.2) is 0 Å². The molecule has 1 fully saturated rings. The molecule has 0 spiro atoms. The first-order valence-electron chi connectivity index (χ1n) is 11.4. The minimum Gasteiger partial charge on any atom is -0.460 e. The molecule has 178 valence electrons. The van der Waals surface area contributed by atoms with E-state index in [1.807, 2.05) is 41.5 Å². The smallest absolute Gasteiger partial charge is 0.308 e. The van der Waals surface area contributed by atoms with E-state index in [1.54, 1.807) is 0 Å². The monoisotopic (exact) mass is 438 g/mol. The zero-order valence-electron chi connectivity index (χ0n) is 20.7. The number of amides is 1. The van der Waals surface area contributed by atoms with Crippen LogP contribution in [0.1, 0.15) is 87.5 Å². The average Bonchev–Trinajstić information content (AvgIpc) is 2.58. The van der Waals surface area contributed by atoms with Crippen molar-refractivity contribution in [3.8, 4) is 0 Å². The molecule has 1 aliphatic heterocycles. The summed E-state index contributed by atoms with van der Waals surface area (Å²) in [4.78, 5) is 38.6. The Morgan fingerprint density at radius 2 is 1.55 bits per heavy atom. The highest BCUT2D eigenvalue weighted by molar-refractivity contribution is 5.81. The Hall–Kier alpha value is -2.05. The van der Waals surface area contributed by atoms with E-state index >= 15 is 0 Å². The Balaban J connectivity index is 2.60. The molecule has 1 unspecified atom stereocenters. The van der Waals surface area contributed by atoms with Crippen molar-refractivity contribution in [3.63, 3.8) is 0 Å². The van der Waals surface area contributed by atoms with E-state index in [0.29, 0.717) is 19.4 Å². The first kappa shape index (κ1) is 27.0. The summed E-state index contributed by atoms with van der Waals surface area (Å²) in [5.41, 5.74) is 0.110. The first-order valence-corrected chi connectivity index (χ1v) is 11.4. The van der Waals surface area contributed by atoms with Gasteiger partial charge >= 0.3 is 11.9 Å². The third-order valence-corrected chi connectivity index (χ3v) is 4.80. The lowest BCUT2D eigenvalue weighted by molar-refractivity contribution is -0.156. The van der Waals surface area contributed by atoms with E-state index in [-0.39, 0.29) is 42.6 Å². The molecule has 7 nitrogen and oxygen atoms in total. The number of hydrogen-bond acceptors (Lipinski definition) is 6. The number of carbonyl (C=O) groups is 3. The summed E-state index contributed by atoms with van der Waals surface area (Å²) in [5.74, 6) is -0.480. The van der Waals surface area contributed by atoms with Crippen LogP contribution < -0.4 is 5.32 Å². The Bertz CT molecular complexity index is 658. The summed E-state index contributed by atoms with van der Waals surface area (Å²) < 4.78 is 10.7. The van der Waals surface area contributed by atoms with Crippen LogP contribution in [0.5, 0.6) is 0 Å². The van der Waals surface area contributed by atoms with Gasteiger partial charge in [0.2, 0.25) is 5.91 Å². The van der Waals surface area contributed by atoms with E-state index in [2.05, 4.69) is 30.1 Å². The number of likely N-dealkylation sites (tertiary alicyclic amines) is 1. The van der Waals surface area contributed by atoms with Gasteiger partial charge in [0.25, 0.3) is 0 Å². The minimum absolute atomic E-state index is 0.00159. The van der Waals surface area contributed by atoms with Gasteiger partial charge in [0, 0.05) is 37.7 Å². The number of nitrogens with one attached hydrogen (secondary N) is 1. The van der Waals surface area contributed by atoms with Gasteiger partial charge in [-0.25, -0.2) is 0 Å². The molecule has 7 heteroatoms. The van der Waals surface area contributed by atoms with E-state index in [4.69, 9.17) is 9.47 Å². The molecule has 1 aliphatic rings. The van der Waals surface area contributed by atoms with Crippen LogP contribution in [0.15, 0.2) is 11.8 Å². The number of esters is 2. The number of allylic oxidation sites excluding steroid dienone is 1. The molecule has 2 atom stereocenters. The van der Waals surface area contributed by atoms with Crippen LogP contribution >= 0.6 is 0 Å². The molecule has 0 aromatic rings. The molecule has 0 saturated carbocycles. The van der Waals surface area contributed by atoms with Crippen molar-refractivity contribution < 1.29 is 23.9 Å². The number of ether oxygens (including phenoxy) is 2. The largest absolute Gasteiger partial charge is 0.460 e. The maximum Gasteiger partial charge on any atom is 0.308 e. The van der Waals surface area contributed by atoms with E-state index < -0.39 is 11.2 Å². The molecule has 1 amide bonds. The SMILES string of the molecule is CC/C=C1\CC(NC(=O)CCC(=O)OC(C)(C)C)[C@H](C)CN1CCC(=O)OC(C)(C)C. The molecule has 1 heterocycles. The molecule has 31 heavy (non-hydrogen) atoms. The summed E-state index contributed by atoms with van der Waals surface area (Å²) in [7, 11) is 0. The Kier molecular flexibility index (Phi) is 10.0. The highest BCUT2D eigenvalue weighted by Crippen LogP contribution is 2.26. The number of piperidine rings is 1. The molecule has 0 radical (unpaired) electrons. The van der Waals surface area contributed by atoms with Crippen molar-refractivity contribution in [2.45, 2.75) is 105 Å². The van der Waals surface area contributed by atoms with Crippen molar-refractivity contribution in [3.05, 3.63) is 11.8 Å². The second-order valence-corrected chi connectivity index (χ2v) is 10.3.